The fraction of sp³-hybridized carbons (Fsp3) is 0.160. The Morgan fingerprint density at radius 3 is 2.58 bits per heavy atom. The molecule has 0 aliphatic carbocycles. The molecular weight excluding hydrogens is 436 g/mol. The van der Waals surface area contributed by atoms with E-state index in [-0.39, 0.29) is 5.56 Å². The van der Waals surface area contributed by atoms with Crippen molar-refractivity contribution >= 4 is 28.3 Å². The van der Waals surface area contributed by atoms with Gasteiger partial charge in [0.05, 0.1) is 36.5 Å². The Labute approximate surface area is 194 Å². The number of hydrogen-bond donors (Lipinski definition) is 0. The van der Waals surface area contributed by atoms with Gasteiger partial charge in [0.2, 0.25) is 0 Å². The normalized spacial score (nSPS) is 11.2. The number of benzene rings is 2. The molecule has 33 heavy (non-hydrogen) atoms. The first-order valence-electron chi connectivity index (χ1n) is 10.4. The number of ether oxygens (including phenoxy) is 2. The van der Waals surface area contributed by atoms with Crippen molar-refractivity contribution in [2.24, 2.45) is 0 Å². The predicted octanol–water partition coefficient (Wildman–Crippen LogP) is 4.65. The van der Waals surface area contributed by atoms with E-state index in [1.807, 2.05) is 53.2 Å². The lowest BCUT2D eigenvalue weighted by Gasteiger charge is -2.15. The van der Waals surface area contributed by atoms with E-state index < -0.39 is 0 Å². The average Bonchev–Trinajstić information content (AvgIpc) is 3.24. The highest BCUT2D eigenvalue weighted by Gasteiger charge is 2.16. The number of methoxy groups -OCH3 is 2. The molecule has 166 valence electrons. The van der Waals surface area contributed by atoms with Crippen LogP contribution in [-0.2, 0) is 5.75 Å². The molecule has 8 heteroatoms. The quantitative estimate of drug-likeness (QED) is 0.272. The molecule has 3 aromatic heterocycles. The van der Waals surface area contributed by atoms with E-state index in [2.05, 4.69) is 6.92 Å². The van der Waals surface area contributed by atoms with Crippen molar-refractivity contribution < 1.29 is 9.47 Å². The average molecular weight is 459 g/mol. The van der Waals surface area contributed by atoms with Crippen LogP contribution in [0.3, 0.4) is 0 Å². The number of nitrogens with zero attached hydrogens (tertiary/aromatic N) is 4. The summed E-state index contributed by atoms with van der Waals surface area (Å²) < 4.78 is 14.4. The molecule has 0 radical (unpaired) electrons. The molecule has 0 fully saturated rings. The second-order valence-corrected chi connectivity index (χ2v) is 8.53. The number of fused-ring (bicyclic) bond motifs is 2. The van der Waals surface area contributed by atoms with Crippen LogP contribution < -0.4 is 15.0 Å². The first kappa shape index (κ1) is 21.1. The lowest BCUT2D eigenvalue weighted by atomic mass is 10.2. The summed E-state index contributed by atoms with van der Waals surface area (Å²) in [5.74, 6) is 1.71. The summed E-state index contributed by atoms with van der Waals surface area (Å²) in [5, 5.41) is 1.14. The second kappa shape index (κ2) is 8.63. The molecule has 0 unspecified atom stereocenters. The van der Waals surface area contributed by atoms with Gasteiger partial charge in [-0.05, 0) is 42.8 Å². The van der Waals surface area contributed by atoms with Gasteiger partial charge in [-0.1, -0.05) is 30.0 Å². The van der Waals surface area contributed by atoms with Crippen molar-refractivity contribution in [2.75, 3.05) is 14.2 Å². The molecule has 0 aliphatic heterocycles. The SMILES string of the molecule is COc1ccc(-n2c(SCc3cn4cc(C)ccc4n3)nc3ccccc3c2=O)cc1OC. The van der Waals surface area contributed by atoms with Crippen molar-refractivity contribution in [3.63, 3.8) is 0 Å². The summed E-state index contributed by atoms with van der Waals surface area (Å²) >= 11 is 1.47. The summed E-state index contributed by atoms with van der Waals surface area (Å²) in [4.78, 5) is 23.0. The maximum Gasteiger partial charge on any atom is 0.266 e. The number of imidazole rings is 1. The Hall–Kier alpha value is -3.78. The minimum Gasteiger partial charge on any atom is -0.493 e. The molecule has 7 nitrogen and oxygen atoms in total. The molecular formula is C25H22N4O3S. The van der Waals surface area contributed by atoms with Gasteiger partial charge in [-0.25, -0.2) is 9.97 Å². The maximum atomic E-state index is 13.5. The summed E-state index contributed by atoms with van der Waals surface area (Å²) in [6, 6.07) is 16.8. The lowest BCUT2D eigenvalue weighted by molar-refractivity contribution is 0.354. The Kier molecular flexibility index (Phi) is 5.51. The number of aryl methyl sites for hydroxylation is 1. The maximum absolute atomic E-state index is 13.5. The van der Waals surface area contributed by atoms with Gasteiger partial charge in [-0.3, -0.25) is 9.36 Å². The van der Waals surface area contributed by atoms with Gasteiger partial charge in [-0.2, -0.15) is 0 Å². The first-order valence-corrected chi connectivity index (χ1v) is 11.4. The van der Waals surface area contributed by atoms with Crippen LogP contribution in [0.25, 0.3) is 22.2 Å². The van der Waals surface area contributed by atoms with E-state index in [0.717, 1.165) is 16.9 Å². The molecule has 0 aliphatic rings. The Bertz CT molecular complexity index is 1540. The van der Waals surface area contributed by atoms with Crippen LogP contribution >= 0.6 is 11.8 Å². The van der Waals surface area contributed by atoms with Crippen LogP contribution in [0.4, 0.5) is 0 Å². The zero-order valence-electron chi connectivity index (χ0n) is 18.5. The van der Waals surface area contributed by atoms with Crippen molar-refractivity contribution in [1.29, 1.82) is 0 Å². The standard InChI is InChI=1S/C25H22N4O3S/c1-16-8-11-23-26-17(14-28(23)13-16)15-33-25-27-20-7-5-4-6-19(20)24(30)29(25)18-9-10-21(31-2)22(12-18)32-3/h4-14H,15H2,1-3H3. The number of para-hydroxylation sites is 1. The highest BCUT2D eigenvalue weighted by molar-refractivity contribution is 7.98. The summed E-state index contributed by atoms with van der Waals surface area (Å²) in [7, 11) is 3.16. The van der Waals surface area contributed by atoms with E-state index in [1.54, 1.807) is 37.0 Å². The fourth-order valence-electron chi connectivity index (χ4n) is 3.76. The number of hydrogen-bond acceptors (Lipinski definition) is 6. The smallest absolute Gasteiger partial charge is 0.266 e. The van der Waals surface area contributed by atoms with Gasteiger partial charge >= 0.3 is 0 Å². The highest BCUT2D eigenvalue weighted by atomic mass is 32.2. The molecule has 5 rings (SSSR count). The molecule has 0 atom stereocenters. The molecule has 0 N–H and O–H groups in total. The number of rotatable bonds is 6. The van der Waals surface area contributed by atoms with E-state index in [0.29, 0.717) is 39.0 Å². The van der Waals surface area contributed by atoms with Crippen molar-refractivity contribution in [1.82, 2.24) is 18.9 Å². The molecule has 2 aromatic carbocycles. The molecule has 3 heterocycles. The molecule has 5 aromatic rings. The lowest BCUT2D eigenvalue weighted by Crippen LogP contribution is -2.21. The topological polar surface area (TPSA) is 70.7 Å². The van der Waals surface area contributed by atoms with Crippen LogP contribution in [0.5, 0.6) is 11.5 Å². The van der Waals surface area contributed by atoms with Gasteiger partial charge in [0.25, 0.3) is 5.56 Å². The van der Waals surface area contributed by atoms with E-state index in [9.17, 15) is 4.79 Å². The molecule has 0 bridgehead atoms. The summed E-state index contributed by atoms with van der Waals surface area (Å²) in [6.07, 6.45) is 4.06. The Morgan fingerprint density at radius 2 is 1.76 bits per heavy atom. The third-order valence-corrected chi connectivity index (χ3v) is 6.34. The Morgan fingerprint density at radius 1 is 0.939 bits per heavy atom. The number of pyridine rings is 1. The van der Waals surface area contributed by atoms with Gasteiger partial charge in [0.15, 0.2) is 16.7 Å². The van der Waals surface area contributed by atoms with Crippen molar-refractivity contribution in [2.45, 2.75) is 17.8 Å². The van der Waals surface area contributed by atoms with E-state index >= 15 is 0 Å². The van der Waals surface area contributed by atoms with Crippen molar-refractivity contribution in [3.8, 4) is 17.2 Å². The first-order chi connectivity index (χ1) is 16.1. The minimum absolute atomic E-state index is 0.138. The third kappa shape index (κ3) is 3.93. The van der Waals surface area contributed by atoms with Crippen LogP contribution in [0, 0.1) is 6.92 Å². The Balaban J connectivity index is 1.60. The van der Waals surface area contributed by atoms with Gasteiger partial charge < -0.3 is 13.9 Å². The summed E-state index contributed by atoms with van der Waals surface area (Å²) in [6.45, 7) is 2.05. The molecule has 0 amide bonds. The molecule has 0 spiro atoms. The predicted molar refractivity (Wildman–Crippen MR) is 130 cm³/mol. The third-order valence-electron chi connectivity index (χ3n) is 5.37. The minimum atomic E-state index is -0.138. The zero-order valence-corrected chi connectivity index (χ0v) is 19.3. The molecule has 0 saturated carbocycles. The summed E-state index contributed by atoms with van der Waals surface area (Å²) in [5.41, 5.74) is 4.14. The largest absolute Gasteiger partial charge is 0.493 e. The van der Waals surface area contributed by atoms with E-state index in [1.165, 1.54) is 11.8 Å². The van der Waals surface area contributed by atoms with Gasteiger partial charge in [-0.15, -0.1) is 0 Å². The van der Waals surface area contributed by atoms with Crippen LogP contribution in [-0.4, -0.2) is 33.2 Å². The second-order valence-electron chi connectivity index (χ2n) is 7.58. The van der Waals surface area contributed by atoms with Crippen LogP contribution in [0.1, 0.15) is 11.3 Å². The van der Waals surface area contributed by atoms with Crippen LogP contribution in [0.2, 0.25) is 0 Å². The highest BCUT2D eigenvalue weighted by Crippen LogP contribution is 2.31. The number of thioether (sulfide) groups is 1. The number of aromatic nitrogens is 4. The zero-order chi connectivity index (χ0) is 22.9. The monoisotopic (exact) mass is 458 g/mol. The van der Waals surface area contributed by atoms with Crippen molar-refractivity contribution in [3.05, 3.63) is 88.6 Å². The van der Waals surface area contributed by atoms with Gasteiger partial charge in [0, 0.05) is 24.2 Å². The molecule has 0 saturated heterocycles. The fourth-order valence-corrected chi connectivity index (χ4v) is 4.66. The van der Waals surface area contributed by atoms with Gasteiger partial charge in [0.1, 0.15) is 5.65 Å². The van der Waals surface area contributed by atoms with E-state index in [4.69, 9.17) is 19.4 Å². The van der Waals surface area contributed by atoms with Crippen LogP contribution in [0.15, 0.2) is 76.9 Å².